The molecule has 0 saturated heterocycles. The molecule has 2 aromatic rings. The first-order valence-corrected chi connectivity index (χ1v) is 11.0. The van der Waals surface area contributed by atoms with Gasteiger partial charge in [0.05, 0.1) is 13.2 Å². The molecule has 25 heavy (non-hydrogen) atoms. The minimum absolute atomic E-state index is 0.118. The predicted molar refractivity (Wildman–Crippen MR) is 111 cm³/mol. The lowest BCUT2D eigenvalue weighted by atomic mass is 9.76. The van der Waals surface area contributed by atoms with Gasteiger partial charge in [-0.2, -0.15) is 0 Å². The zero-order chi connectivity index (χ0) is 18.0. The highest BCUT2D eigenvalue weighted by Gasteiger charge is 2.39. The summed E-state index contributed by atoms with van der Waals surface area (Å²) in [5.74, 6) is 1.74. The second kappa shape index (κ2) is 10.7. The van der Waals surface area contributed by atoms with Gasteiger partial charge in [-0.1, -0.05) is 95.3 Å². The molecule has 0 heterocycles. The Bertz CT molecular complexity index is 577. The van der Waals surface area contributed by atoms with Crippen LogP contribution in [0.2, 0.25) is 0 Å². The van der Waals surface area contributed by atoms with E-state index >= 15 is 0 Å². The molecule has 1 N–H and O–H groups in total. The van der Waals surface area contributed by atoms with E-state index in [1.807, 2.05) is 18.2 Å². The molecular formula is C21H26O2S2. The molecule has 2 aromatic carbocycles. The lowest BCUT2D eigenvalue weighted by Crippen LogP contribution is -2.38. The first-order chi connectivity index (χ1) is 12.3. The maximum absolute atomic E-state index is 8.88. The molecule has 2 nitrogen and oxygen atoms in total. The van der Waals surface area contributed by atoms with Gasteiger partial charge >= 0.3 is 0 Å². The number of rotatable bonds is 11. The van der Waals surface area contributed by atoms with Crippen LogP contribution in [-0.2, 0) is 10.3 Å². The second-order valence-electron chi connectivity index (χ2n) is 5.71. The summed E-state index contributed by atoms with van der Waals surface area (Å²) in [6.45, 7) is 7.02. The van der Waals surface area contributed by atoms with Crippen LogP contribution in [0.1, 0.15) is 18.1 Å². The fourth-order valence-electron chi connectivity index (χ4n) is 2.92. The Kier molecular flexibility index (Phi) is 8.62. The average molecular weight is 375 g/mol. The molecule has 0 saturated carbocycles. The van der Waals surface area contributed by atoms with E-state index in [1.165, 1.54) is 0 Å². The van der Waals surface area contributed by atoms with E-state index in [4.69, 9.17) is 9.84 Å². The Morgan fingerprint density at radius 3 is 2.00 bits per heavy atom. The van der Waals surface area contributed by atoms with Crippen LogP contribution in [0.5, 0.6) is 0 Å². The van der Waals surface area contributed by atoms with Gasteiger partial charge in [-0.05, 0) is 11.1 Å². The van der Waals surface area contributed by atoms with Crippen molar-refractivity contribution in [3.63, 3.8) is 0 Å². The molecule has 134 valence electrons. The maximum Gasteiger partial charge on any atom is 0.124 e. The zero-order valence-corrected chi connectivity index (χ0v) is 16.3. The smallest absolute Gasteiger partial charge is 0.124 e. The summed E-state index contributed by atoms with van der Waals surface area (Å²) < 4.78 is 6.57. The topological polar surface area (TPSA) is 29.5 Å². The Morgan fingerprint density at radius 1 is 1.00 bits per heavy atom. The van der Waals surface area contributed by atoms with Crippen LogP contribution in [0.4, 0.5) is 0 Å². The molecule has 4 heteroatoms. The fourth-order valence-corrected chi connectivity index (χ4v) is 4.52. The van der Waals surface area contributed by atoms with Gasteiger partial charge in [0.25, 0.3) is 0 Å². The number of hydrogen-bond donors (Lipinski definition) is 1. The first-order valence-electron chi connectivity index (χ1n) is 8.48. The zero-order valence-electron chi connectivity index (χ0n) is 14.6. The van der Waals surface area contributed by atoms with Crippen molar-refractivity contribution in [2.75, 3.05) is 24.7 Å². The normalized spacial score (nSPS) is 12.7. The highest BCUT2D eigenvalue weighted by molar-refractivity contribution is 8.76. The minimum Gasteiger partial charge on any atom is -0.395 e. The van der Waals surface area contributed by atoms with Gasteiger partial charge in [-0.15, -0.1) is 6.58 Å². The molecular weight excluding hydrogens is 348 g/mol. The molecule has 1 atom stereocenters. The fraction of sp³-hybridized carbons (Fsp3) is 0.333. The quantitative estimate of drug-likeness (QED) is 0.335. The van der Waals surface area contributed by atoms with Crippen LogP contribution in [0.25, 0.3) is 0 Å². The Morgan fingerprint density at radius 2 is 1.52 bits per heavy atom. The van der Waals surface area contributed by atoms with Crippen molar-refractivity contribution in [1.82, 2.24) is 0 Å². The van der Waals surface area contributed by atoms with E-state index in [9.17, 15) is 0 Å². The average Bonchev–Trinajstić information content (AvgIpc) is 2.68. The highest BCUT2D eigenvalue weighted by Crippen LogP contribution is 2.41. The number of aliphatic hydroxyl groups is 1. The van der Waals surface area contributed by atoms with Gasteiger partial charge in [0, 0.05) is 17.4 Å². The Balaban J connectivity index is 2.30. The van der Waals surface area contributed by atoms with Crippen molar-refractivity contribution in [2.24, 2.45) is 5.92 Å². The van der Waals surface area contributed by atoms with Crippen LogP contribution in [0.3, 0.4) is 0 Å². The number of hydrogen-bond acceptors (Lipinski definition) is 4. The van der Waals surface area contributed by atoms with E-state index in [-0.39, 0.29) is 12.5 Å². The predicted octanol–water partition coefficient (Wildman–Crippen LogP) is 5.14. The van der Waals surface area contributed by atoms with Gasteiger partial charge in [0.1, 0.15) is 5.60 Å². The van der Waals surface area contributed by atoms with Gasteiger partial charge in [-0.3, -0.25) is 0 Å². The summed E-state index contributed by atoms with van der Waals surface area (Å²) in [5, 5.41) is 8.88. The van der Waals surface area contributed by atoms with Crippen molar-refractivity contribution in [3.8, 4) is 0 Å². The third-order valence-electron chi connectivity index (χ3n) is 4.15. The van der Waals surface area contributed by atoms with E-state index in [2.05, 4.69) is 62.0 Å². The van der Waals surface area contributed by atoms with Gasteiger partial charge in [-0.25, -0.2) is 0 Å². The summed E-state index contributed by atoms with van der Waals surface area (Å²) in [6, 6.07) is 20.8. The maximum atomic E-state index is 8.88. The number of ether oxygens (including phenoxy) is 1. The van der Waals surface area contributed by atoms with Crippen molar-refractivity contribution in [2.45, 2.75) is 12.5 Å². The van der Waals surface area contributed by atoms with Crippen molar-refractivity contribution >= 4 is 21.6 Å². The van der Waals surface area contributed by atoms with E-state index in [0.29, 0.717) is 6.61 Å². The van der Waals surface area contributed by atoms with Crippen LogP contribution in [0, 0.1) is 5.92 Å². The molecule has 0 radical (unpaired) electrons. The second-order valence-corrected chi connectivity index (χ2v) is 8.41. The van der Waals surface area contributed by atoms with Gasteiger partial charge < -0.3 is 9.84 Å². The third kappa shape index (κ3) is 5.14. The summed E-state index contributed by atoms with van der Waals surface area (Å²) >= 11 is 0. The van der Waals surface area contributed by atoms with E-state index in [0.717, 1.165) is 22.6 Å². The lowest BCUT2D eigenvalue weighted by Gasteiger charge is -2.39. The third-order valence-corrected chi connectivity index (χ3v) is 6.50. The van der Waals surface area contributed by atoms with Gasteiger partial charge in [0.15, 0.2) is 0 Å². The Labute approximate surface area is 159 Å². The largest absolute Gasteiger partial charge is 0.395 e. The molecule has 0 aliphatic carbocycles. The van der Waals surface area contributed by atoms with Crippen molar-refractivity contribution < 1.29 is 9.84 Å². The molecule has 0 aromatic heterocycles. The van der Waals surface area contributed by atoms with Crippen LogP contribution in [-0.4, -0.2) is 29.8 Å². The summed E-state index contributed by atoms with van der Waals surface area (Å²) in [7, 11) is 3.41. The first kappa shape index (κ1) is 20.1. The SMILES string of the molecule is C=CC(C)C(OCCSSCCO)(c1ccccc1)c1ccccc1. The monoisotopic (exact) mass is 374 g/mol. The van der Waals surface area contributed by atoms with Gasteiger partial charge in [0.2, 0.25) is 0 Å². The van der Waals surface area contributed by atoms with Crippen molar-refractivity contribution in [3.05, 3.63) is 84.4 Å². The molecule has 0 spiro atoms. The van der Waals surface area contributed by atoms with Crippen LogP contribution >= 0.6 is 21.6 Å². The standard InChI is InChI=1S/C21H26O2S2/c1-3-18(2)21(19-10-6-4-7-11-19,20-12-8-5-9-13-20)23-15-17-25-24-16-14-22/h3-13,18,22H,1,14-17H2,2H3. The lowest BCUT2D eigenvalue weighted by molar-refractivity contribution is -0.0362. The van der Waals surface area contributed by atoms with Crippen LogP contribution in [0.15, 0.2) is 73.3 Å². The Hall–Kier alpha value is -1.20. The summed E-state index contributed by atoms with van der Waals surface area (Å²) in [5.41, 5.74) is 1.73. The molecule has 0 fully saturated rings. The molecule has 1 unspecified atom stereocenters. The van der Waals surface area contributed by atoms with Crippen molar-refractivity contribution in [1.29, 1.82) is 0 Å². The number of benzene rings is 2. The highest BCUT2D eigenvalue weighted by atomic mass is 33.1. The summed E-state index contributed by atoms with van der Waals surface area (Å²) in [4.78, 5) is 0. The molecule has 0 aliphatic heterocycles. The summed E-state index contributed by atoms with van der Waals surface area (Å²) in [6.07, 6.45) is 1.97. The molecule has 0 amide bonds. The molecule has 0 aliphatic rings. The number of aliphatic hydroxyl groups excluding tert-OH is 1. The minimum atomic E-state index is -0.549. The van der Waals surface area contributed by atoms with E-state index in [1.54, 1.807) is 21.6 Å². The van der Waals surface area contributed by atoms with E-state index < -0.39 is 5.60 Å². The molecule has 2 rings (SSSR count). The van der Waals surface area contributed by atoms with Crippen LogP contribution < -0.4 is 0 Å². The molecule has 0 bridgehead atoms.